The molecule has 0 N–H and O–H groups in total. The van der Waals surface area contributed by atoms with E-state index in [0.717, 1.165) is 11.3 Å². The van der Waals surface area contributed by atoms with Crippen LogP contribution in [0.25, 0.3) is 22.3 Å². The van der Waals surface area contributed by atoms with E-state index in [0.29, 0.717) is 15.7 Å². The molecule has 3 nitrogen and oxygen atoms in total. The first-order valence-electron chi connectivity index (χ1n) is 6.06. The fraction of sp³-hybridized carbons (Fsp3) is 0.0667. The van der Waals surface area contributed by atoms with Gasteiger partial charge < -0.3 is 4.74 Å². The van der Waals surface area contributed by atoms with Crippen molar-refractivity contribution in [3.63, 3.8) is 0 Å². The van der Waals surface area contributed by atoms with E-state index in [1.54, 1.807) is 37.4 Å². The van der Waals surface area contributed by atoms with Crippen molar-refractivity contribution in [2.75, 3.05) is 7.11 Å². The van der Waals surface area contributed by atoms with Crippen molar-refractivity contribution < 1.29 is 9.13 Å². The second kappa shape index (κ2) is 5.58. The number of rotatable bonds is 2. The van der Waals surface area contributed by atoms with Crippen LogP contribution >= 0.6 is 27.5 Å². The van der Waals surface area contributed by atoms with E-state index in [1.165, 1.54) is 6.07 Å². The average Bonchev–Trinajstić information content (AvgIpc) is 2.50. The quantitative estimate of drug-likeness (QED) is 0.607. The summed E-state index contributed by atoms with van der Waals surface area (Å²) in [5.74, 6) is 0.652. The van der Waals surface area contributed by atoms with Gasteiger partial charge in [0.15, 0.2) is 5.82 Å². The van der Waals surface area contributed by atoms with Crippen molar-refractivity contribution in [1.29, 1.82) is 0 Å². The van der Waals surface area contributed by atoms with Crippen LogP contribution in [0.3, 0.4) is 0 Å². The first-order chi connectivity index (χ1) is 10.1. The molecule has 0 saturated carbocycles. The van der Waals surface area contributed by atoms with Gasteiger partial charge in [-0.15, -0.1) is 0 Å². The molecule has 3 rings (SSSR count). The lowest BCUT2D eigenvalue weighted by Gasteiger charge is -2.07. The molecule has 0 atom stereocenters. The number of methoxy groups -OCH3 is 1. The molecule has 1 aromatic heterocycles. The lowest BCUT2D eigenvalue weighted by atomic mass is 10.2. The van der Waals surface area contributed by atoms with Gasteiger partial charge in [0.2, 0.25) is 0 Å². The third-order valence-corrected chi connectivity index (χ3v) is 3.99. The van der Waals surface area contributed by atoms with Crippen LogP contribution in [0.2, 0.25) is 5.15 Å². The van der Waals surface area contributed by atoms with Gasteiger partial charge in [-0.2, -0.15) is 0 Å². The number of fused-ring (bicyclic) bond motifs is 1. The Balaban J connectivity index is 2.22. The molecular weight excluding hydrogens is 359 g/mol. The van der Waals surface area contributed by atoms with Gasteiger partial charge in [0.1, 0.15) is 22.2 Å². The monoisotopic (exact) mass is 366 g/mol. The van der Waals surface area contributed by atoms with Crippen LogP contribution in [0.15, 0.2) is 40.9 Å². The van der Waals surface area contributed by atoms with Crippen LogP contribution < -0.4 is 4.74 Å². The second-order valence-electron chi connectivity index (χ2n) is 4.32. The van der Waals surface area contributed by atoms with Crippen LogP contribution in [0.5, 0.6) is 5.75 Å². The Bertz CT molecular complexity index is 824. The first kappa shape index (κ1) is 14.2. The minimum Gasteiger partial charge on any atom is -0.497 e. The van der Waals surface area contributed by atoms with Gasteiger partial charge in [-0.3, -0.25) is 0 Å². The summed E-state index contributed by atoms with van der Waals surface area (Å²) in [6, 6.07) is 10.1. The second-order valence-corrected chi connectivity index (χ2v) is 5.53. The van der Waals surface area contributed by atoms with E-state index in [1.807, 2.05) is 0 Å². The Morgan fingerprint density at radius 2 is 1.81 bits per heavy atom. The van der Waals surface area contributed by atoms with E-state index in [9.17, 15) is 4.39 Å². The number of nitrogens with zero attached hydrogens (tertiary/aromatic N) is 2. The third-order valence-electron chi connectivity index (χ3n) is 3.05. The third kappa shape index (κ3) is 2.59. The molecule has 0 saturated heterocycles. The fourth-order valence-corrected chi connectivity index (χ4v) is 2.89. The van der Waals surface area contributed by atoms with Crippen LogP contribution in [-0.4, -0.2) is 17.1 Å². The van der Waals surface area contributed by atoms with E-state index in [2.05, 4.69) is 25.9 Å². The van der Waals surface area contributed by atoms with Gasteiger partial charge in [0.25, 0.3) is 0 Å². The molecule has 0 fully saturated rings. The maximum absolute atomic E-state index is 14.0. The lowest BCUT2D eigenvalue weighted by Crippen LogP contribution is -1.95. The van der Waals surface area contributed by atoms with Crippen LogP contribution in [0.1, 0.15) is 0 Å². The van der Waals surface area contributed by atoms with Gasteiger partial charge in [-0.25, -0.2) is 14.4 Å². The smallest absolute Gasteiger partial charge is 0.161 e. The number of hydrogen-bond donors (Lipinski definition) is 0. The molecule has 0 unspecified atom stereocenters. The van der Waals surface area contributed by atoms with Crippen LogP contribution in [0.4, 0.5) is 4.39 Å². The Hall–Kier alpha value is -1.72. The topological polar surface area (TPSA) is 35.0 Å². The van der Waals surface area contributed by atoms with Crippen molar-refractivity contribution >= 4 is 38.4 Å². The summed E-state index contributed by atoms with van der Waals surface area (Å²) >= 11 is 9.51. The number of halogens is 3. The van der Waals surface area contributed by atoms with Gasteiger partial charge in [-0.1, -0.05) is 11.6 Å². The molecule has 0 radical (unpaired) electrons. The lowest BCUT2D eigenvalue weighted by molar-refractivity contribution is 0.415. The van der Waals surface area contributed by atoms with Gasteiger partial charge in [-0.05, 0) is 52.3 Å². The van der Waals surface area contributed by atoms with Crippen molar-refractivity contribution in [3.8, 4) is 17.1 Å². The predicted octanol–water partition coefficient (Wildman–Crippen LogP) is 4.86. The predicted molar refractivity (Wildman–Crippen MR) is 84.2 cm³/mol. The van der Waals surface area contributed by atoms with Gasteiger partial charge in [0.05, 0.1) is 12.5 Å². The largest absolute Gasteiger partial charge is 0.497 e. The summed E-state index contributed by atoms with van der Waals surface area (Å²) < 4.78 is 19.7. The summed E-state index contributed by atoms with van der Waals surface area (Å²) in [5, 5.41) is 0.672. The molecule has 0 aliphatic carbocycles. The van der Waals surface area contributed by atoms with Gasteiger partial charge >= 0.3 is 0 Å². The van der Waals surface area contributed by atoms with E-state index < -0.39 is 5.82 Å². The van der Waals surface area contributed by atoms with Crippen molar-refractivity contribution in [2.45, 2.75) is 0 Å². The number of hydrogen-bond acceptors (Lipinski definition) is 3. The summed E-state index contributed by atoms with van der Waals surface area (Å²) in [5.41, 5.74) is 0.925. The first-order valence-corrected chi connectivity index (χ1v) is 7.23. The normalized spacial score (nSPS) is 10.9. The molecular formula is C15H9BrClFN2O. The summed E-state index contributed by atoms with van der Waals surface area (Å²) in [7, 11) is 1.59. The number of ether oxygens (including phenoxy) is 1. The SMILES string of the molecule is COc1ccc(-c2nc(Cl)c3c(Br)ccc(F)c3n2)cc1. The summed E-state index contributed by atoms with van der Waals surface area (Å²) in [6.45, 7) is 0. The molecule has 0 spiro atoms. The molecule has 1 heterocycles. The highest BCUT2D eigenvalue weighted by Gasteiger charge is 2.14. The highest BCUT2D eigenvalue weighted by molar-refractivity contribution is 9.10. The van der Waals surface area contributed by atoms with Crippen LogP contribution in [0, 0.1) is 5.82 Å². The maximum Gasteiger partial charge on any atom is 0.161 e. The molecule has 2 aromatic carbocycles. The highest BCUT2D eigenvalue weighted by atomic mass is 79.9. The maximum atomic E-state index is 14.0. The minimum absolute atomic E-state index is 0.190. The fourth-order valence-electron chi connectivity index (χ4n) is 2.00. The molecule has 3 aromatic rings. The van der Waals surface area contributed by atoms with E-state index in [4.69, 9.17) is 16.3 Å². The zero-order chi connectivity index (χ0) is 15.0. The van der Waals surface area contributed by atoms with E-state index >= 15 is 0 Å². The summed E-state index contributed by atoms with van der Waals surface area (Å²) in [4.78, 5) is 8.53. The molecule has 0 aliphatic heterocycles. The Kier molecular flexibility index (Phi) is 3.78. The number of aromatic nitrogens is 2. The summed E-state index contributed by atoms with van der Waals surface area (Å²) in [6.07, 6.45) is 0. The molecule has 6 heteroatoms. The Morgan fingerprint density at radius 1 is 1.10 bits per heavy atom. The Morgan fingerprint density at radius 3 is 2.48 bits per heavy atom. The van der Waals surface area contributed by atoms with Crippen molar-refractivity contribution in [2.24, 2.45) is 0 Å². The van der Waals surface area contributed by atoms with Crippen molar-refractivity contribution in [1.82, 2.24) is 9.97 Å². The molecule has 0 amide bonds. The number of benzene rings is 2. The molecule has 0 bridgehead atoms. The minimum atomic E-state index is -0.438. The van der Waals surface area contributed by atoms with Crippen LogP contribution in [-0.2, 0) is 0 Å². The van der Waals surface area contributed by atoms with Gasteiger partial charge in [0, 0.05) is 10.0 Å². The average molecular weight is 368 g/mol. The van der Waals surface area contributed by atoms with Crippen molar-refractivity contribution in [3.05, 3.63) is 51.8 Å². The Labute approximate surface area is 133 Å². The zero-order valence-electron chi connectivity index (χ0n) is 10.9. The standard InChI is InChI=1S/C15H9BrClFN2O/c1-21-9-4-2-8(3-5-9)15-19-13-11(18)7-6-10(16)12(13)14(17)20-15/h2-7H,1H3. The van der Waals surface area contributed by atoms with E-state index in [-0.39, 0.29) is 10.7 Å². The molecule has 0 aliphatic rings. The molecule has 106 valence electrons. The zero-order valence-corrected chi connectivity index (χ0v) is 13.2. The molecule has 21 heavy (non-hydrogen) atoms. The highest BCUT2D eigenvalue weighted by Crippen LogP contribution is 2.32.